The first-order valence-electron chi connectivity index (χ1n) is 6.49. The molecule has 0 amide bonds. The lowest BCUT2D eigenvalue weighted by molar-refractivity contribution is -0.113. The molecule has 1 unspecified atom stereocenters. The highest BCUT2D eigenvalue weighted by molar-refractivity contribution is 6.64. The minimum absolute atomic E-state index is 0.365. The van der Waals surface area contributed by atoms with Crippen LogP contribution in [0.1, 0.15) is 22.6 Å². The van der Waals surface area contributed by atoms with E-state index in [4.69, 9.17) is 16.3 Å². The highest BCUT2D eigenvalue weighted by Crippen LogP contribution is 2.31. The van der Waals surface area contributed by atoms with Gasteiger partial charge in [0, 0.05) is 5.56 Å². The summed E-state index contributed by atoms with van der Waals surface area (Å²) in [5.41, 5.74) is 3.09. The predicted molar refractivity (Wildman–Crippen MR) is 81.5 cm³/mol. The van der Waals surface area contributed by atoms with Gasteiger partial charge in [-0.3, -0.25) is 4.79 Å². The summed E-state index contributed by atoms with van der Waals surface area (Å²) in [6.45, 7) is 2.03. The molecule has 0 aliphatic rings. The Morgan fingerprint density at radius 2 is 1.95 bits per heavy atom. The summed E-state index contributed by atoms with van der Waals surface area (Å²) >= 11 is 5.80. The zero-order valence-corrected chi connectivity index (χ0v) is 12.4. The first kappa shape index (κ1) is 14.6. The van der Waals surface area contributed by atoms with Crippen LogP contribution < -0.4 is 4.74 Å². The second-order valence-corrected chi connectivity index (χ2v) is 5.16. The van der Waals surface area contributed by atoms with Gasteiger partial charge in [0.1, 0.15) is 5.75 Å². The van der Waals surface area contributed by atoms with Gasteiger partial charge in [-0.05, 0) is 36.6 Å². The van der Waals surface area contributed by atoms with Crippen LogP contribution in [0, 0.1) is 6.92 Å². The zero-order chi connectivity index (χ0) is 14.5. The number of rotatable bonds is 5. The van der Waals surface area contributed by atoms with Crippen molar-refractivity contribution in [3.05, 3.63) is 65.2 Å². The van der Waals surface area contributed by atoms with Crippen LogP contribution in [0.5, 0.6) is 5.75 Å². The van der Waals surface area contributed by atoms with Crippen molar-refractivity contribution in [1.82, 2.24) is 0 Å². The predicted octanol–water partition coefficient (Wildman–Crippen LogP) is 4.10. The lowest BCUT2D eigenvalue weighted by atomic mass is 9.92. The summed E-state index contributed by atoms with van der Waals surface area (Å²) in [6.07, 6.45) is 0.574. The summed E-state index contributed by atoms with van der Waals surface area (Å²) < 4.78 is 5.33. The highest BCUT2D eigenvalue weighted by atomic mass is 35.5. The van der Waals surface area contributed by atoms with E-state index in [1.54, 1.807) is 7.11 Å². The number of hydrogen-bond acceptors (Lipinski definition) is 2. The van der Waals surface area contributed by atoms with Gasteiger partial charge in [-0.1, -0.05) is 48.0 Å². The van der Waals surface area contributed by atoms with Crippen LogP contribution in [-0.4, -0.2) is 12.4 Å². The summed E-state index contributed by atoms with van der Waals surface area (Å²) in [7, 11) is 1.60. The lowest BCUT2D eigenvalue weighted by Crippen LogP contribution is -2.11. The largest absolute Gasteiger partial charge is 0.496 e. The fourth-order valence-electron chi connectivity index (χ4n) is 2.34. The van der Waals surface area contributed by atoms with E-state index >= 15 is 0 Å². The van der Waals surface area contributed by atoms with Gasteiger partial charge in [-0.2, -0.15) is 0 Å². The van der Waals surface area contributed by atoms with E-state index in [0.717, 1.165) is 11.1 Å². The Hall–Kier alpha value is -1.80. The van der Waals surface area contributed by atoms with Crippen molar-refractivity contribution in [2.45, 2.75) is 19.3 Å². The maximum atomic E-state index is 11.8. The number of carbonyl (C=O) groups is 1. The molecule has 0 aromatic heterocycles. The van der Waals surface area contributed by atoms with Crippen LogP contribution in [-0.2, 0) is 11.2 Å². The maximum Gasteiger partial charge on any atom is 0.229 e. The minimum atomic E-state index is -0.394. The quantitative estimate of drug-likeness (QED) is 0.775. The van der Waals surface area contributed by atoms with Crippen molar-refractivity contribution >= 4 is 16.8 Å². The summed E-state index contributed by atoms with van der Waals surface area (Å²) in [4.78, 5) is 11.8. The molecule has 2 aromatic carbocycles. The molecule has 0 N–H and O–H groups in total. The fourth-order valence-corrected chi connectivity index (χ4v) is 2.54. The number of carbonyl (C=O) groups excluding carboxylic acids is 1. The molecule has 0 bridgehead atoms. The van der Waals surface area contributed by atoms with Gasteiger partial charge in [-0.25, -0.2) is 0 Å². The van der Waals surface area contributed by atoms with Crippen LogP contribution >= 0.6 is 11.6 Å². The van der Waals surface area contributed by atoms with Crippen molar-refractivity contribution in [2.24, 2.45) is 0 Å². The summed E-state index contributed by atoms with van der Waals surface area (Å²) in [5.74, 6) is 0.300. The van der Waals surface area contributed by atoms with Gasteiger partial charge in [0.05, 0.1) is 13.0 Å². The van der Waals surface area contributed by atoms with Crippen molar-refractivity contribution in [2.75, 3.05) is 7.11 Å². The van der Waals surface area contributed by atoms with Gasteiger partial charge in [-0.15, -0.1) is 0 Å². The first-order valence-corrected chi connectivity index (χ1v) is 6.87. The number of aryl methyl sites for hydroxylation is 1. The van der Waals surface area contributed by atoms with Crippen molar-refractivity contribution < 1.29 is 9.53 Å². The molecule has 1 atom stereocenters. The standard InChI is InChI=1S/C17H17ClO2/c1-12-6-5-7-13(10-12)11-15(17(18)19)14-8-3-4-9-16(14)20-2/h3-10,15H,11H2,1-2H3. The topological polar surface area (TPSA) is 26.3 Å². The van der Waals surface area contributed by atoms with Crippen molar-refractivity contribution in [3.63, 3.8) is 0 Å². The van der Waals surface area contributed by atoms with Crippen LogP contribution in [0.15, 0.2) is 48.5 Å². The average Bonchev–Trinajstić information content (AvgIpc) is 2.44. The molecule has 2 aromatic rings. The SMILES string of the molecule is COc1ccccc1C(Cc1cccc(C)c1)C(=O)Cl. The van der Waals surface area contributed by atoms with E-state index in [2.05, 4.69) is 6.07 Å². The van der Waals surface area contributed by atoms with Gasteiger partial charge < -0.3 is 4.74 Å². The molecule has 2 nitrogen and oxygen atoms in total. The van der Waals surface area contributed by atoms with Gasteiger partial charge in [0.25, 0.3) is 0 Å². The van der Waals surface area contributed by atoms with Crippen LogP contribution in [0.2, 0.25) is 0 Å². The van der Waals surface area contributed by atoms with E-state index in [1.165, 1.54) is 5.56 Å². The molecule has 0 saturated heterocycles. The Morgan fingerprint density at radius 3 is 2.60 bits per heavy atom. The molecule has 20 heavy (non-hydrogen) atoms. The van der Waals surface area contributed by atoms with E-state index < -0.39 is 5.92 Å². The molecule has 3 heteroatoms. The van der Waals surface area contributed by atoms with E-state index in [9.17, 15) is 4.79 Å². The monoisotopic (exact) mass is 288 g/mol. The molecule has 0 aliphatic heterocycles. The van der Waals surface area contributed by atoms with Crippen LogP contribution in [0.3, 0.4) is 0 Å². The Morgan fingerprint density at radius 1 is 1.20 bits per heavy atom. The second-order valence-electron chi connectivity index (χ2n) is 4.79. The van der Waals surface area contributed by atoms with Crippen molar-refractivity contribution in [3.8, 4) is 5.75 Å². The Labute approximate surface area is 124 Å². The van der Waals surface area contributed by atoms with Gasteiger partial charge in [0.15, 0.2) is 0 Å². The van der Waals surface area contributed by atoms with Crippen molar-refractivity contribution in [1.29, 1.82) is 0 Å². The van der Waals surface area contributed by atoms with Crippen LogP contribution in [0.4, 0.5) is 0 Å². The fraction of sp³-hybridized carbons (Fsp3) is 0.235. The normalized spacial score (nSPS) is 11.9. The summed E-state index contributed by atoms with van der Waals surface area (Å²) in [6, 6.07) is 15.6. The molecule has 0 heterocycles. The Balaban J connectivity index is 2.34. The number of ether oxygens (including phenoxy) is 1. The highest BCUT2D eigenvalue weighted by Gasteiger charge is 2.22. The number of benzene rings is 2. The molecule has 0 fully saturated rings. The maximum absolute atomic E-state index is 11.8. The molecule has 0 spiro atoms. The molecular weight excluding hydrogens is 272 g/mol. The summed E-state index contributed by atoms with van der Waals surface area (Å²) in [5, 5.41) is -0.365. The number of hydrogen-bond donors (Lipinski definition) is 0. The third-order valence-electron chi connectivity index (χ3n) is 3.31. The zero-order valence-electron chi connectivity index (χ0n) is 11.6. The smallest absolute Gasteiger partial charge is 0.229 e. The third kappa shape index (κ3) is 3.40. The number of methoxy groups -OCH3 is 1. The molecule has 104 valence electrons. The second kappa shape index (κ2) is 6.58. The minimum Gasteiger partial charge on any atom is -0.496 e. The van der Waals surface area contributed by atoms with E-state index in [-0.39, 0.29) is 5.24 Å². The first-order chi connectivity index (χ1) is 9.61. The molecular formula is C17H17ClO2. The average molecular weight is 289 g/mol. The molecule has 0 aliphatic carbocycles. The van der Waals surface area contributed by atoms with Gasteiger partial charge >= 0.3 is 0 Å². The Bertz CT molecular complexity index is 607. The Kier molecular flexibility index (Phi) is 4.80. The van der Waals surface area contributed by atoms with E-state index in [0.29, 0.717) is 12.2 Å². The van der Waals surface area contributed by atoms with Crippen LogP contribution in [0.25, 0.3) is 0 Å². The number of halogens is 1. The lowest BCUT2D eigenvalue weighted by Gasteiger charge is -2.16. The molecule has 0 radical (unpaired) electrons. The number of para-hydroxylation sites is 1. The van der Waals surface area contributed by atoms with E-state index in [1.807, 2.05) is 49.4 Å². The van der Waals surface area contributed by atoms with Gasteiger partial charge in [0.2, 0.25) is 5.24 Å². The molecule has 2 rings (SSSR count). The third-order valence-corrected chi connectivity index (χ3v) is 3.57. The molecule has 0 saturated carbocycles.